The minimum atomic E-state index is 0.237. The summed E-state index contributed by atoms with van der Waals surface area (Å²) in [5, 5.41) is 0. The number of hydrogen-bond donors (Lipinski definition) is 0. The van der Waals surface area contributed by atoms with Crippen molar-refractivity contribution in [3.8, 4) is 0 Å². The molecule has 0 aliphatic carbocycles. The third-order valence-corrected chi connectivity index (χ3v) is 4.30. The average Bonchev–Trinajstić information content (AvgIpc) is 2.76. The van der Waals surface area contributed by atoms with Crippen molar-refractivity contribution >= 4 is 5.69 Å². The SMILES string of the molecule is Cc1cc(C(C)(C)C)ccc1N1CC[C@H](N(C)C)C1. The minimum absolute atomic E-state index is 0.237. The summed E-state index contributed by atoms with van der Waals surface area (Å²) >= 11 is 0. The molecule has 0 amide bonds. The van der Waals surface area contributed by atoms with E-state index < -0.39 is 0 Å². The van der Waals surface area contributed by atoms with Gasteiger partial charge in [-0.05, 0) is 50.0 Å². The summed E-state index contributed by atoms with van der Waals surface area (Å²) in [6.07, 6.45) is 1.27. The lowest BCUT2D eigenvalue weighted by Gasteiger charge is -2.26. The molecular formula is C17H28N2. The van der Waals surface area contributed by atoms with Crippen LogP contribution in [0.5, 0.6) is 0 Å². The fourth-order valence-corrected chi connectivity index (χ4v) is 2.86. The molecule has 1 aromatic rings. The van der Waals surface area contributed by atoms with Crippen LogP contribution < -0.4 is 4.90 Å². The molecule has 0 bridgehead atoms. The van der Waals surface area contributed by atoms with Crippen molar-refractivity contribution in [1.82, 2.24) is 4.90 Å². The van der Waals surface area contributed by atoms with Gasteiger partial charge in [0.2, 0.25) is 0 Å². The molecule has 1 aliphatic rings. The molecule has 0 radical (unpaired) electrons. The minimum Gasteiger partial charge on any atom is -0.370 e. The number of hydrogen-bond acceptors (Lipinski definition) is 2. The van der Waals surface area contributed by atoms with E-state index in [1.54, 1.807) is 0 Å². The summed E-state index contributed by atoms with van der Waals surface area (Å²) in [5.41, 5.74) is 4.49. The van der Waals surface area contributed by atoms with Crippen LogP contribution in [0.15, 0.2) is 18.2 Å². The Morgan fingerprint density at radius 2 is 1.89 bits per heavy atom. The van der Waals surface area contributed by atoms with E-state index in [1.165, 1.54) is 29.8 Å². The van der Waals surface area contributed by atoms with Crippen LogP contribution in [-0.4, -0.2) is 38.1 Å². The Hall–Kier alpha value is -1.02. The van der Waals surface area contributed by atoms with E-state index in [2.05, 4.69) is 69.8 Å². The van der Waals surface area contributed by atoms with Gasteiger partial charge in [0.1, 0.15) is 0 Å². The monoisotopic (exact) mass is 260 g/mol. The second-order valence-corrected chi connectivity index (χ2v) is 7.10. The smallest absolute Gasteiger partial charge is 0.0396 e. The van der Waals surface area contributed by atoms with Crippen LogP contribution in [0.1, 0.15) is 38.3 Å². The van der Waals surface area contributed by atoms with Gasteiger partial charge in [-0.15, -0.1) is 0 Å². The number of benzene rings is 1. The molecule has 2 rings (SSSR count). The summed E-state index contributed by atoms with van der Waals surface area (Å²) in [5.74, 6) is 0. The van der Waals surface area contributed by atoms with Gasteiger partial charge >= 0.3 is 0 Å². The lowest BCUT2D eigenvalue weighted by Crippen LogP contribution is -2.31. The lowest BCUT2D eigenvalue weighted by molar-refractivity contribution is 0.315. The first-order valence-corrected chi connectivity index (χ1v) is 7.31. The quantitative estimate of drug-likeness (QED) is 0.804. The van der Waals surface area contributed by atoms with E-state index in [-0.39, 0.29) is 5.41 Å². The molecule has 19 heavy (non-hydrogen) atoms. The zero-order valence-electron chi connectivity index (χ0n) is 13.3. The van der Waals surface area contributed by atoms with Gasteiger partial charge in [-0.1, -0.05) is 32.9 Å². The molecule has 1 aliphatic heterocycles. The first-order valence-electron chi connectivity index (χ1n) is 7.31. The predicted octanol–water partition coefficient (Wildman–Crippen LogP) is 3.43. The van der Waals surface area contributed by atoms with Crippen molar-refractivity contribution in [2.24, 2.45) is 0 Å². The number of likely N-dealkylation sites (N-methyl/N-ethyl adjacent to an activating group) is 1. The van der Waals surface area contributed by atoms with Crippen LogP contribution in [0.2, 0.25) is 0 Å². The van der Waals surface area contributed by atoms with Crippen molar-refractivity contribution < 1.29 is 0 Å². The second-order valence-electron chi connectivity index (χ2n) is 7.10. The maximum atomic E-state index is 2.53. The highest BCUT2D eigenvalue weighted by Crippen LogP contribution is 2.30. The molecule has 0 spiro atoms. The Morgan fingerprint density at radius 3 is 2.37 bits per heavy atom. The highest BCUT2D eigenvalue weighted by Gasteiger charge is 2.25. The number of rotatable bonds is 2. The molecule has 106 valence electrons. The lowest BCUT2D eigenvalue weighted by atomic mass is 9.86. The highest BCUT2D eigenvalue weighted by atomic mass is 15.2. The fourth-order valence-electron chi connectivity index (χ4n) is 2.86. The van der Waals surface area contributed by atoms with Crippen LogP contribution >= 0.6 is 0 Å². The van der Waals surface area contributed by atoms with Crippen molar-refractivity contribution in [3.63, 3.8) is 0 Å². The standard InChI is InChI=1S/C17H28N2/c1-13-11-14(17(2,3)4)7-8-16(13)19-10-9-15(12-19)18(5)6/h7-8,11,15H,9-10,12H2,1-6H3/t15-/m0/s1. The molecule has 1 fully saturated rings. The van der Waals surface area contributed by atoms with Gasteiger partial charge in [-0.25, -0.2) is 0 Å². The molecule has 0 N–H and O–H groups in total. The van der Waals surface area contributed by atoms with Gasteiger partial charge < -0.3 is 9.80 Å². The Kier molecular flexibility index (Phi) is 3.91. The zero-order chi connectivity index (χ0) is 14.2. The van der Waals surface area contributed by atoms with Crippen molar-refractivity contribution in [1.29, 1.82) is 0 Å². The molecule has 1 heterocycles. The van der Waals surface area contributed by atoms with E-state index in [1.807, 2.05) is 0 Å². The maximum Gasteiger partial charge on any atom is 0.0396 e. The molecular weight excluding hydrogens is 232 g/mol. The first kappa shape index (κ1) is 14.4. The Morgan fingerprint density at radius 1 is 1.21 bits per heavy atom. The van der Waals surface area contributed by atoms with E-state index >= 15 is 0 Å². The summed E-state index contributed by atoms with van der Waals surface area (Å²) < 4.78 is 0. The van der Waals surface area contributed by atoms with Gasteiger partial charge in [0.05, 0.1) is 0 Å². The molecule has 0 aromatic heterocycles. The van der Waals surface area contributed by atoms with E-state index in [4.69, 9.17) is 0 Å². The molecule has 1 saturated heterocycles. The predicted molar refractivity (Wildman–Crippen MR) is 84.2 cm³/mol. The third kappa shape index (κ3) is 3.11. The first-order chi connectivity index (χ1) is 8.79. The number of nitrogens with zero attached hydrogens (tertiary/aromatic N) is 2. The molecule has 2 heteroatoms. The molecule has 0 saturated carbocycles. The van der Waals surface area contributed by atoms with Crippen molar-refractivity contribution in [2.75, 3.05) is 32.1 Å². The summed E-state index contributed by atoms with van der Waals surface area (Å²) in [6.45, 7) is 11.4. The Bertz CT molecular complexity index is 443. The van der Waals surface area contributed by atoms with Gasteiger partial charge in [0.15, 0.2) is 0 Å². The molecule has 2 nitrogen and oxygen atoms in total. The van der Waals surface area contributed by atoms with E-state index in [0.717, 1.165) is 6.54 Å². The van der Waals surface area contributed by atoms with Gasteiger partial charge in [0.25, 0.3) is 0 Å². The molecule has 1 atom stereocenters. The van der Waals surface area contributed by atoms with Gasteiger partial charge in [-0.2, -0.15) is 0 Å². The second kappa shape index (κ2) is 5.16. The normalized spacial score (nSPS) is 20.4. The average molecular weight is 260 g/mol. The maximum absolute atomic E-state index is 2.53. The number of aryl methyl sites for hydroxylation is 1. The largest absolute Gasteiger partial charge is 0.370 e. The van der Waals surface area contributed by atoms with Crippen molar-refractivity contribution in [3.05, 3.63) is 29.3 Å². The van der Waals surface area contributed by atoms with Crippen LogP contribution in [-0.2, 0) is 5.41 Å². The van der Waals surface area contributed by atoms with Gasteiger partial charge in [-0.3, -0.25) is 0 Å². The summed E-state index contributed by atoms with van der Waals surface area (Å²) in [6, 6.07) is 7.67. The highest BCUT2D eigenvalue weighted by molar-refractivity contribution is 5.56. The number of anilines is 1. The summed E-state index contributed by atoms with van der Waals surface area (Å²) in [7, 11) is 4.37. The Labute approximate surface area is 118 Å². The van der Waals surface area contributed by atoms with Crippen LogP contribution in [0, 0.1) is 6.92 Å². The molecule has 1 aromatic carbocycles. The van der Waals surface area contributed by atoms with Crippen LogP contribution in [0.25, 0.3) is 0 Å². The third-order valence-electron chi connectivity index (χ3n) is 4.30. The Balaban J connectivity index is 2.19. The zero-order valence-corrected chi connectivity index (χ0v) is 13.3. The van der Waals surface area contributed by atoms with Crippen molar-refractivity contribution in [2.45, 2.75) is 45.6 Å². The topological polar surface area (TPSA) is 6.48 Å². The van der Waals surface area contributed by atoms with E-state index in [0.29, 0.717) is 6.04 Å². The van der Waals surface area contributed by atoms with Crippen LogP contribution in [0.3, 0.4) is 0 Å². The summed E-state index contributed by atoms with van der Waals surface area (Å²) in [4.78, 5) is 4.88. The molecule has 0 unspecified atom stereocenters. The van der Waals surface area contributed by atoms with E-state index in [9.17, 15) is 0 Å². The van der Waals surface area contributed by atoms with Gasteiger partial charge in [0, 0.05) is 24.8 Å². The fraction of sp³-hybridized carbons (Fsp3) is 0.647. The van der Waals surface area contributed by atoms with Crippen LogP contribution in [0.4, 0.5) is 5.69 Å².